The lowest BCUT2D eigenvalue weighted by Crippen LogP contribution is -2.26. The molecule has 2 nitrogen and oxygen atoms in total. The molecule has 7 atom stereocenters. The normalized spacial score (nSPS) is 53.5. The van der Waals surface area contributed by atoms with Gasteiger partial charge in [0.1, 0.15) is 11.6 Å². The van der Waals surface area contributed by atoms with Gasteiger partial charge in [-0.1, -0.05) is 18.9 Å². The Bertz CT molecular complexity index is 528. The Labute approximate surface area is 120 Å². The van der Waals surface area contributed by atoms with Gasteiger partial charge in [0.05, 0.1) is 0 Å². The quantitative estimate of drug-likeness (QED) is 0.723. The van der Waals surface area contributed by atoms with E-state index >= 15 is 0 Å². The molecule has 106 valence electrons. The fourth-order valence-electron chi connectivity index (χ4n) is 7.73. The zero-order valence-corrected chi connectivity index (χ0v) is 11.9. The van der Waals surface area contributed by atoms with Crippen LogP contribution in [0.2, 0.25) is 0 Å². The molecule has 0 saturated heterocycles. The number of carbonyl (C=O) groups is 2. The second-order valence-electron chi connectivity index (χ2n) is 7.99. The molecule has 0 heterocycles. The van der Waals surface area contributed by atoms with Crippen molar-refractivity contribution in [2.75, 3.05) is 0 Å². The maximum atomic E-state index is 12.9. The number of carbonyl (C=O) groups excluding carboxylic acids is 2. The van der Waals surface area contributed by atoms with Crippen molar-refractivity contribution in [2.24, 2.45) is 46.8 Å². The average molecular weight is 270 g/mol. The Morgan fingerprint density at radius 3 is 2.60 bits per heavy atom. The molecule has 0 aromatic heterocycles. The van der Waals surface area contributed by atoms with Crippen LogP contribution in [0.15, 0.2) is 12.7 Å². The fraction of sp³-hybridized carbons (Fsp3) is 0.778. The molecule has 5 aliphatic carbocycles. The van der Waals surface area contributed by atoms with E-state index < -0.39 is 0 Å². The second-order valence-corrected chi connectivity index (χ2v) is 7.99. The summed E-state index contributed by atoms with van der Waals surface area (Å²) >= 11 is 0. The molecule has 5 saturated carbocycles. The molecule has 0 aliphatic heterocycles. The first-order chi connectivity index (χ1) is 9.70. The molecule has 1 spiro atoms. The van der Waals surface area contributed by atoms with E-state index in [0.717, 1.165) is 12.8 Å². The summed E-state index contributed by atoms with van der Waals surface area (Å²) in [6.45, 7) is 3.86. The van der Waals surface area contributed by atoms with Crippen molar-refractivity contribution in [3.8, 4) is 0 Å². The van der Waals surface area contributed by atoms with Gasteiger partial charge < -0.3 is 0 Å². The highest BCUT2D eigenvalue weighted by Gasteiger charge is 2.80. The third-order valence-corrected chi connectivity index (χ3v) is 7.78. The lowest BCUT2D eigenvalue weighted by atomic mass is 9.74. The van der Waals surface area contributed by atoms with Gasteiger partial charge in [-0.2, -0.15) is 0 Å². The van der Waals surface area contributed by atoms with Crippen LogP contribution in [0.1, 0.15) is 38.5 Å². The van der Waals surface area contributed by atoms with Crippen LogP contribution in [0.4, 0.5) is 0 Å². The van der Waals surface area contributed by atoms with E-state index in [-0.39, 0.29) is 17.8 Å². The Morgan fingerprint density at radius 1 is 1.15 bits per heavy atom. The van der Waals surface area contributed by atoms with Crippen molar-refractivity contribution in [1.29, 1.82) is 0 Å². The lowest BCUT2D eigenvalue weighted by molar-refractivity contribution is -0.131. The smallest absolute Gasteiger partial charge is 0.140 e. The first kappa shape index (κ1) is 11.7. The number of fused-ring (bicyclic) bond motifs is 2. The van der Waals surface area contributed by atoms with Gasteiger partial charge in [-0.15, -0.1) is 6.58 Å². The number of Topliss-reactive ketones (excluding diaryl/α,β-unsaturated/α-hetero) is 2. The van der Waals surface area contributed by atoms with E-state index in [4.69, 9.17) is 0 Å². The number of allylic oxidation sites excluding steroid dienone is 1. The summed E-state index contributed by atoms with van der Waals surface area (Å²) in [5.41, 5.74) is 0.391. The van der Waals surface area contributed by atoms with Crippen molar-refractivity contribution in [2.45, 2.75) is 38.5 Å². The minimum Gasteiger partial charge on any atom is -0.299 e. The second kappa shape index (κ2) is 3.45. The molecule has 5 aliphatic rings. The molecule has 0 aromatic carbocycles. The Kier molecular flexibility index (Phi) is 2.02. The molecule has 5 fully saturated rings. The minimum atomic E-state index is 0.110. The van der Waals surface area contributed by atoms with Crippen LogP contribution in [0.5, 0.6) is 0 Å². The minimum absolute atomic E-state index is 0.110. The summed E-state index contributed by atoms with van der Waals surface area (Å²) < 4.78 is 0. The number of rotatable bonds is 2. The summed E-state index contributed by atoms with van der Waals surface area (Å²) in [5, 5.41) is 0. The third kappa shape index (κ3) is 0.981. The highest BCUT2D eigenvalue weighted by molar-refractivity contribution is 5.97. The van der Waals surface area contributed by atoms with Gasteiger partial charge in [-0.25, -0.2) is 0 Å². The SMILES string of the molecule is C=CC[C@@H]1C(=O)[C@H]2[C@@H]3C(=O)C[C@H]4[C@@H]1[C@@H]2C1(CCCC1)[C@H]43. The molecule has 0 unspecified atom stereocenters. The first-order valence-corrected chi connectivity index (χ1v) is 8.38. The molecule has 0 radical (unpaired) electrons. The van der Waals surface area contributed by atoms with E-state index in [2.05, 4.69) is 6.58 Å². The molecule has 0 N–H and O–H groups in total. The first-order valence-electron chi connectivity index (χ1n) is 8.38. The predicted octanol–water partition coefficient (Wildman–Crippen LogP) is 3.02. The highest BCUT2D eigenvalue weighted by Crippen LogP contribution is 2.80. The maximum Gasteiger partial charge on any atom is 0.140 e. The molecule has 2 bridgehead atoms. The fourth-order valence-corrected chi connectivity index (χ4v) is 7.73. The topological polar surface area (TPSA) is 34.1 Å². The third-order valence-electron chi connectivity index (χ3n) is 7.78. The van der Waals surface area contributed by atoms with Crippen molar-refractivity contribution < 1.29 is 9.59 Å². The average Bonchev–Trinajstić information content (AvgIpc) is 3.15. The van der Waals surface area contributed by atoms with Gasteiger partial charge in [0.15, 0.2) is 0 Å². The summed E-state index contributed by atoms with van der Waals surface area (Å²) in [4.78, 5) is 25.3. The van der Waals surface area contributed by atoms with Gasteiger partial charge >= 0.3 is 0 Å². The molecule has 0 aromatic rings. The summed E-state index contributed by atoms with van der Waals surface area (Å²) in [6, 6.07) is 0. The monoisotopic (exact) mass is 270 g/mol. The van der Waals surface area contributed by atoms with Crippen LogP contribution in [-0.2, 0) is 9.59 Å². The van der Waals surface area contributed by atoms with Crippen LogP contribution in [0, 0.1) is 46.8 Å². The Morgan fingerprint density at radius 2 is 1.90 bits per heavy atom. The molecule has 2 heteroatoms. The van der Waals surface area contributed by atoms with Crippen LogP contribution in [-0.4, -0.2) is 11.6 Å². The molecular formula is C18H22O2. The van der Waals surface area contributed by atoms with Crippen LogP contribution in [0.25, 0.3) is 0 Å². The van der Waals surface area contributed by atoms with Gasteiger partial charge in [0, 0.05) is 24.2 Å². The zero-order valence-electron chi connectivity index (χ0n) is 11.9. The maximum absolute atomic E-state index is 12.9. The van der Waals surface area contributed by atoms with E-state index in [1.807, 2.05) is 6.08 Å². The van der Waals surface area contributed by atoms with Gasteiger partial charge in [-0.05, 0) is 48.3 Å². The largest absolute Gasteiger partial charge is 0.299 e. The molecule has 5 rings (SSSR count). The van der Waals surface area contributed by atoms with E-state index in [9.17, 15) is 9.59 Å². The van der Waals surface area contributed by atoms with Crippen LogP contribution < -0.4 is 0 Å². The summed E-state index contributed by atoms with van der Waals surface area (Å²) in [5.74, 6) is 3.53. The Hall–Kier alpha value is -0.920. The van der Waals surface area contributed by atoms with Gasteiger partial charge in [0.25, 0.3) is 0 Å². The molecule has 20 heavy (non-hydrogen) atoms. The highest BCUT2D eigenvalue weighted by atomic mass is 16.1. The van der Waals surface area contributed by atoms with E-state index in [1.54, 1.807) is 0 Å². The van der Waals surface area contributed by atoms with Crippen molar-refractivity contribution in [1.82, 2.24) is 0 Å². The van der Waals surface area contributed by atoms with Crippen molar-refractivity contribution in [3.63, 3.8) is 0 Å². The van der Waals surface area contributed by atoms with Crippen LogP contribution in [0.3, 0.4) is 0 Å². The van der Waals surface area contributed by atoms with Gasteiger partial charge in [-0.3, -0.25) is 9.59 Å². The number of hydrogen-bond acceptors (Lipinski definition) is 2. The Balaban J connectivity index is 1.69. The van der Waals surface area contributed by atoms with E-state index in [1.165, 1.54) is 25.7 Å². The summed E-state index contributed by atoms with van der Waals surface area (Å²) in [7, 11) is 0. The zero-order chi connectivity index (χ0) is 13.6. The van der Waals surface area contributed by atoms with E-state index in [0.29, 0.717) is 40.7 Å². The summed E-state index contributed by atoms with van der Waals surface area (Å²) in [6.07, 6.45) is 8.79. The standard InChI is InChI=1S/C18H22O2/c1-2-5-9-12-10-8-11(19)13-14(17(9)20)16(12)18(15(10)13)6-3-4-7-18/h2,9-10,12-16H,1,3-8H2/t9-,10-,12+,13-,14-,15+,16-/m0/s1. The number of ketones is 2. The molecular weight excluding hydrogens is 248 g/mol. The van der Waals surface area contributed by atoms with Crippen molar-refractivity contribution in [3.05, 3.63) is 12.7 Å². The number of hydrogen-bond donors (Lipinski definition) is 0. The lowest BCUT2D eigenvalue weighted by Gasteiger charge is -2.30. The predicted molar refractivity (Wildman–Crippen MR) is 74.8 cm³/mol. The van der Waals surface area contributed by atoms with Crippen LogP contribution >= 0.6 is 0 Å². The molecule has 0 amide bonds. The van der Waals surface area contributed by atoms with Gasteiger partial charge in [0.2, 0.25) is 0 Å². The van der Waals surface area contributed by atoms with Crippen molar-refractivity contribution >= 4 is 11.6 Å².